The number of rotatable bonds is 1. The molecule has 0 aliphatic carbocycles. The second-order valence-corrected chi connectivity index (χ2v) is 1.86. The molecule has 11 heavy (non-hydrogen) atoms. The van der Waals surface area contributed by atoms with Crippen LogP contribution in [0.3, 0.4) is 0 Å². The molecule has 0 aliphatic heterocycles. The minimum atomic E-state index is -0.664. The van der Waals surface area contributed by atoms with Gasteiger partial charge in [0, 0.05) is 6.20 Å². The summed E-state index contributed by atoms with van der Waals surface area (Å²) < 4.78 is 0. The molecule has 0 spiro atoms. The lowest BCUT2D eigenvalue weighted by Gasteiger charge is -2.12. The van der Waals surface area contributed by atoms with Crippen molar-refractivity contribution >= 4 is 5.84 Å². The molecule has 1 heterocycles. The van der Waals surface area contributed by atoms with Crippen molar-refractivity contribution in [2.24, 2.45) is 5.73 Å². The van der Waals surface area contributed by atoms with E-state index in [-0.39, 0.29) is 5.69 Å². The zero-order valence-corrected chi connectivity index (χ0v) is 5.60. The van der Waals surface area contributed by atoms with Crippen molar-refractivity contribution in [2.75, 3.05) is 0 Å². The summed E-state index contributed by atoms with van der Waals surface area (Å²) in [7, 11) is 0. The predicted molar refractivity (Wildman–Crippen MR) is 39.5 cm³/mol. The molecule has 0 atom stereocenters. The van der Waals surface area contributed by atoms with Gasteiger partial charge in [-0.3, -0.25) is 10.6 Å². The summed E-state index contributed by atoms with van der Waals surface area (Å²) in [6, 6.07) is 4.79. The van der Waals surface area contributed by atoms with Crippen LogP contribution in [0.1, 0.15) is 5.69 Å². The molecular formula is C6H6N3O2-. The van der Waals surface area contributed by atoms with Gasteiger partial charge in [0.2, 0.25) is 0 Å². The van der Waals surface area contributed by atoms with Crippen LogP contribution >= 0.6 is 0 Å². The Morgan fingerprint density at radius 2 is 2.18 bits per heavy atom. The van der Waals surface area contributed by atoms with Gasteiger partial charge >= 0.3 is 0 Å². The molecule has 0 radical (unpaired) electrons. The molecule has 2 N–H and O–H groups in total. The number of nitrogens with two attached hydrogens (primary N) is 1. The second kappa shape index (κ2) is 2.87. The van der Waals surface area contributed by atoms with E-state index < -0.39 is 10.7 Å². The quantitative estimate of drug-likeness (QED) is 0.261. The molecule has 1 rings (SSSR count). The van der Waals surface area contributed by atoms with Crippen LogP contribution in [0.5, 0.6) is 0 Å². The fraction of sp³-hybridized carbons (Fsp3) is 0. The minimum absolute atomic E-state index is 0.192. The van der Waals surface area contributed by atoms with E-state index in [1.807, 2.05) is 0 Å². The van der Waals surface area contributed by atoms with E-state index in [2.05, 4.69) is 4.98 Å². The molecule has 5 nitrogen and oxygen atoms in total. The van der Waals surface area contributed by atoms with Crippen molar-refractivity contribution in [2.45, 2.75) is 0 Å². The lowest BCUT2D eigenvalue weighted by Crippen LogP contribution is -2.23. The van der Waals surface area contributed by atoms with Gasteiger partial charge in [0.05, 0.1) is 0 Å². The molecule has 5 heteroatoms. The average Bonchev–Trinajstić information content (AvgIpc) is 2.05. The molecule has 0 fully saturated rings. The maximum Gasteiger partial charge on any atom is 0.299 e. The van der Waals surface area contributed by atoms with Crippen LogP contribution in [-0.4, -0.2) is 15.7 Å². The van der Waals surface area contributed by atoms with Gasteiger partial charge in [0.15, 0.2) is 5.69 Å². The van der Waals surface area contributed by atoms with Crippen LogP contribution in [0.4, 0.5) is 0 Å². The number of aromatic nitrogens is 1. The van der Waals surface area contributed by atoms with Crippen molar-refractivity contribution in [1.82, 2.24) is 4.98 Å². The van der Waals surface area contributed by atoms with Crippen molar-refractivity contribution in [3.8, 4) is 0 Å². The number of hydrogen-bond donors (Lipinski definition) is 1. The lowest BCUT2D eigenvalue weighted by molar-refractivity contribution is -0.379. The topological polar surface area (TPSA) is 88.0 Å². The van der Waals surface area contributed by atoms with E-state index in [4.69, 9.17) is 5.73 Å². The summed E-state index contributed by atoms with van der Waals surface area (Å²) >= 11 is 0. The molecule has 0 aromatic carbocycles. The third-order valence-electron chi connectivity index (χ3n) is 1.12. The highest BCUT2D eigenvalue weighted by molar-refractivity contribution is 5.91. The summed E-state index contributed by atoms with van der Waals surface area (Å²) in [6.07, 6.45) is 1.45. The van der Waals surface area contributed by atoms with Crippen LogP contribution in [0.2, 0.25) is 0 Å². The standard InChI is InChI=1S/C6H6N3O2/c7-6(9(10)11)5-3-1-2-4-8-5/h1-4H,7H2/q-1. The Hall–Kier alpha value is -1.78. The first-order chi connectivity index (χ1) is 5.22. The Kier molecular flexibility index (Phi) is 1.91. The highest BCUT2D eigenvalue weighted by Gasteiger charge is 2.01. The number of nitrogens with zero attached hydrogens (tertiary/aromatic N) is 2. The van der Waals surface area contributed by atoms with Crippen LogP contribution in [0.15, 0.2) is 24.4 Å². The highest BCUT2D eigenvalue weighted by atomic mass is 16.8. The maximum absolute atomic E-state index is 10.1. The van der Waals surface area contributed by atoms with Gasteiger partial charge in [-0.15, -0.1) is 0 Å². The Morgan fingerprint density at radius 3 is 2.64 bits per heavy atom. The third-order valence-corrected chi connectivity index (χ3v) is 1.12. The lowest BCUT2D eigenvalue weighted by atomic mass is 10.3. The molecule has 0 saturated carbocycles. The summed E-state index contributed by atoms with van der Waals surface area (Å²) in [5.41, 5.74) is 5.28. The van der Waals surface area contributed by atoms with Gasteiger partial charge in [0.25, 0.3) is 5.84 Å². The van der Waals surface area contributed by atoms with Gasteiger partial charge in [-0.1, -0.05) is 6.07 Å². The first kappa shape index (κ1) is 7.33. The van der Waals surface area contributed by atoms with Crippen molar-refractivity contribution in [3.63, 3.8) is 0 Å². The zero-order chi connectivity index (χ0) is 8.27. The summed E-state index contributed by atoms with van der Waals surface area (Å²) in [5, 5.41) is 20.2. The van der Waals surface area contributed by atoms with E-state index in [1.165, 1.54) is 12.3 Å². The summed E-state index contributed by atoms with van der Waals surface area (Å²) in [5.74, 6) is -0.425. The molecule has 0 unspecified atom stereocenters. The molecule has 0 bridgehead atoms. The first-order valence-corrected chi connectivity index (χ1v) is 2.90. The van der Waals surface area contributed by atoms with Gasteiger partial charge in [-0.2, -0.15) is 0 Å². The predicted octanol–water partition coefficient (Wildman–Crippen LogP) is -0.205. The third kappa shape index (κ3) is 1.57. The first-order valence-electron chi connectivity index (χ1n) is 2.90. The highest BCUT2D eigenvalue weighted by Crippen LogP contribution is 1.91. The van der Waals surface area contributed by atoms with Crippen LogP contribution < -0.4 is 5.73 Å². The molecular weight excluding hydrogens is 146 g/mol. The minimum Gasteiger partial charge on any atom is -0.712 e. The van der Waals surface area contributed by atoms with Gasteiger partial charge in [-0.25, -0.2) is 4.98 Å². The second-order valence-electron chi connectivity index (χ2n) is 1.86. The fourth-order valence-electron chi connectivity index (χ4n) is 0.608. The molecule has 0 aliphatic rings. The van der Waals surface area contributed by atoms with Crippen LogP contribution in [0.25, 0.3) is 0 Å². The number of pyridine rings is 1. The molecule has 58 valence electrons. The van der Waals surface area contributed by atoms with Gasteiger partial charge in [-0.05, 0) is 12.1 Å². The normalized spacial score (nSPS) is 9.09. The molecule has 0 saturated heterocycles. The monoisotopic (exact) mass is 152 g/mol. The molecule has 0 amide bonds. The largest absolute Gasteiger partial charge is 0.712 e. The number of hydrogen-bond acceptors (Lipinski definition) is 3. The van der Waals surface area contributed by atoms with Crippen molar-refractivity contribution in [3.05, 3.63) is 40.5 Å². The van der Waals surface area contributed by atoms with E-state index in [0.717, 1.165) is 0 Å². The van der Waals surface area contributed by atoms with E-state index >= 15 is 0 Å². The van der Waals surface area contributed by atoms with Crippen LogP contribution in [0, 0.1) is 10.4 Å². The van der Waals surface area contributed by atoms with Crippen LogP contribution in [-0.2, 0) is 0 Å². The average molecular weight is 152 g/mol. The summed E-state index contributed by atoms with van der Waals surface area (Å²) in [4.78, 5) is 3.03. The smallest absolute Gasteiger partial charge is 0.299 e. The van der Waals surface area contributed by atoms with Gasteiger partial charge < -0.3 is 10.4 Å². The van der Waals surface area contributed by atoms with E-state index in [9.17, 15) is 10.4 Å². The fourth-order valence-corrected chi connectivity index (χ4v) is 0.608. The van der Waals surface area contributed by atoms with Crippen molar-refractivity contribution < 1.29 is 4.90 Å². The molecule has 1 aromatic rings. The van der Waals surface area contributed by atoms with Gasteiger partial charge in [0.1, 0.15) is 0 Å². The van der Waals surface area contributed by atoms with E-state index in [0.29, 0.717) is 0 Å². The number of amidine groups is 1. The van der Waals surface area contributed by atoms with Crippen molar-refractivity contribution in [1.29, 1.82) is 0 Å². The zero-order valence-electron chi connectivity index (χ0n) is 5.60. The summed E-state index contributed by atoms with van der Waals surface area (Å²) in [6.45, 7) is 0. The maximum atomic E-state index is 10.1. The Morgan fingerprint density at radius 1 is 1.45 bits per heavy atom. The Balaban J connectivity index is 3.04. The Bertz CT molecular complexity index is 266. The Labute approximate surface area is 63.0 Å². The van der Waals surface area contributed by atoms with E-state index in [1.54, 1.807) is 12.1 Å². The molecule has 1 aromatic heterocycles. The SMILES string of the molecule is NC(c1ccccn1)=[N+]([O-])[O-].